The zero-order valence-corrected chi connectivity index (χ0v) is 16.3. The molecule has 1 amide bonds. The number of benzene rings is 2. The lowest BCUT2D eigenvalue weighted by atomic mass is 10.1. The minimum absolute atomic E-state index is 0.0664. The number of nitrogens with one attached hydrogen (secondary N) is 1. The van der Waals surface area contributed by atoms with Gasteiger partial charge in [-0.3, -0.25) is 4.79 Å². The number of carbonyl (C=O) groups excluding carboxylic acids is 1. The highest BCUT2D eigenvalue weighted by molar-refractivity contribution is 7.89. The van der Waals surface area contributed by atoms with Crippen molar-refractivity contribution in [2.75, 3.05) is 33.6 Å². The van der Waals surface area contributed by atoms with E-state index in [4.69, 9.17) is 9.47 Å². The van der Waals surface area contributed by atoms with Crippen molar-refractivity contribution in [1.82, 2.24) is 4.31 Å². The number of anilines is 1. The van der Waals surface area contributed by atoms with Gasteiger partial charge < -0.3 is 14.8 Å². The summed E-state index contributed by atoms with van der Waals surface area (Å²) in [4.78, 5) is 12.2. The Morgan fingerprint density at radius 3 is 2.26 bits per heavy atom. The summed E-state index contributed by atoms with van der Waals surface area (Å²) in [7, 11) is 1.76. The van der Waals surface area contributed by atoms with Crippen LogP contribution in [-0.4, -0.2) is 46.9 Å². The molecule has 146 valence electrons. The van der Waals surface area contributed by atoms with Crippen LogP contribution in [0.4, 0.5) is 10.1 Å². The van der Waals surface area contributed by atoms with E-state index in [1.165, 1.54) is 58.6 Å². The highest BCUT2D eigenvalue weighted by Gasteiger charge is 2.23. The second-order valence-corrected chi connectivity index (χ2v) is 7.97. The fraction of sp³-hybridized carbons (Fsp3) is 0.278. The molecule has 0 spiro atoms. The summed E-state index contributed by atoms with van der Waals surface area (Å²) < 4.78 is 49.6. The summed E-state index contributed by atoms with van der Waals surface area (Å²) >= 11 is 0. The number of ether oxygens (including phenoxy) is 2. The summed E-state index contributed by atoms with van der Waals surface area (Å²) in [6.07, 6.45) is -0.0806. The number of amides is 1. The van der Waals surface area contributed by atoms with Crippen LogP contribution in [0, 0.1) is 5.82 Å². The van der Waals surface area contributed by atoms with E-state index in [2.05, 4.69) is 5.32 Å². The molecule has 0 saturated carbocycles. The third-order valence-corrected chi connectivity index (χ3v) is 5.62. The van der Waals surface area contributed by atoms with Crippen LogP contribution in [0.25, 0.3) is 0 Å². The molecule has 0 aliphatic heterocycles. The van der Waals surface area contributed by atoms with Gasteiger partial charge in [-0.15, -0.1) is 0 Å². The van der Waals surface area contributed by atoms with Crippen LogP contribution in [0.3, 0.4) is 0 Å². The van der Waals surface area contributed by atoms with Crippen molar-refractivity contribution >= 4 is 21.6 Å². The third kappa shape index (κ3) is 4.75. The van der Waals surface area contributed by atoms with E-state index in [0.717, 1.165) is 4.31 Å². The number of carbonyl (C=O) groups is 1. The summed E-state index contributed by atoms with van der Waals surface area (Å²) in [5.74, 6) is -0.726. The maximum absolute atomic E-state index is 13.7. The van der Waals surface area contributed by atoms with Gasteiger partial charge in [-0.1, -0.05) is 6.07 Å². The number of hydrogen-bond acceptors (Lipinski definition) is 5. The van der Waals surface area contributed by atoms with Crippen LogP contribution in [0.2, 0.25) is 0 Å². The molecule has 0 atom stereocenters. The molecule has 0 bridgehead atoms. The van der Waals surface area contributed by atoms with Gasteiger partial charge in [0.1, 0.15) is 10.6 Å². The number of rotatable bonds is 7. The Morgan fingerprint density at radius 1 is 1.07 bits per heavy atom. The minimum atomic E-state index is -3.76. The topological polar surface area (TPSA) is 84.9 Å². The van der Waals surface area contributed by atoms with Gasteiger partial charge in [0.15, 0.2) is 11.6 Å². The van der Waals surface area contributed by atoms with Crippen molar-refractivity contribution < 1.29 is 27.1 Å². The Balaban J connectivity index is 2.22. The fourth-order valence-corrected chi connectivity index (χ4v) is 3.44. The van der Waals surface area contributed by atoms with Gasteiger partial charge in [0.2, 0.25) is 15.9 Å². The molecule has 27 heavy (non-hydrogen) atoms. The van der Waals surface area contributed by atoms with E-state index in [9.17, 15) is 17.6 Å². The average molecular weight is 396 g/mol. The number of halogens is 1. The zero-order valence-electron chi connectivity index (χ0n) is 15.4. The smallest absolute Gasteiger partial charge is 0.246 e. The summed E-state index contributed by atoms with van der Waals surface area (Å²) in [6, 6.07) is 8.54. The van der Waals surface area contributed by atoms with Crippen LogP contribution < -0.4 is 14.8 Å². The summed E-state index contributed by atoms with van der Waals surface area (Å²) in [6.45, 7) is 0. The van der Waals surface area contributed by atoms with Gasteiger partial charge in [0.05, 0.1) is 20.6 Å². The van der Waals surface area contributed by atoms with Gasteiger partial charge in [-0.05, 0) is 35.9 Å². The van der Waals surface area contributed by atoms with Crippen molar-refractivity contribution in [3.63, 3.8) is 0 Å². The first kappa shape index (κ1) is 20.7. The molecule has 2 aromatic rings. The SMILES string of the molecule is COc1ccc(CC(=O)Nc2ccc(OC)c(S(=O)(=O)N(C)C)c2)cc1F. The van der Waals surface area contributed by atoms with Crippen molar-refractivity contribution in [1.29, 1.82) is 0 Å². The predicted molar refractivity (Wildman–Crippen MR) is 99.2 cm³/mol. The molecule has 0 aliphatic rings. The Morgan fingerprint density at radius 2 is 1.70 bits per heavy atom. The monoisotopic (exact) mass is 396 g/mol. The quantitative estimate of drug-likeness (QED) is 0.776. The number of nitrogens with zero attached hydrogens (tertiary/aromatic N) is 1. The molecule has 0 unspecified atom stereocenters. The van der Waals surface area contributed by atoms with E-state index >= 15 is 0 Å². The second-order valence-electron chi connectivity index (χ2n) is 5.85. The van der Waals surface area contributed by atoms with Crippen molar-refractivity contribution in [3.8, 4) is 11.5 Å². The largest absolute Gasteiger partial charge is 0.495 e. The summed E-state index contributed by atoms with van der Waals surface area (Å²) in [5.41, 5.74) is 0.746. The van der Waals surface area contributed by atoms with Gasteiger partial charge in [-0.25, -0.2) is 17.1 Å². The number of sulfonamides is 1. The Bertz CT molecular complexity index is 945. The minimum Gasteiger partial charge on any atom is -0.495 e. The zero-order chi connectivity index (χ0) is 20.2. The Kier molecular flexibility index (Phi) is 6.40. The van der Waals surface area contributed by atoms with Gasteiger partial charge in [0.25, 0.3) is 0 Å². The molecule has 7 nitrogen and oxygen atoms in total. The van der Waals surface area contributed by atoms with E-state index in [0.29, 0.717) is 5.56 Å². The van der Waals surface area contributed by atoms with Crippen LogP contribution in [0.1, 0.15) is 5.56 Å². The maximum atomic E-state index is 13.7. The van der Waals surface area contributed by atoms with E-state index < -0.39 is 21.7 Å². The predicted octanol–water partition coefficient (Wildman–Crippen LogP) is 2.27. The van der Waals surface area contributed by atoms with E-state index in [1.807, 2.05) is 0 Å². The first-order valence-electron chi connectivity index (χ1n) is 7.92. The van der Waals surface area contributed by atoms with Crippen molar-refractivity contribution in [3.05, 3.63) is 47.8 Å². The molecular formula is C18H21FN2O5S. The number of methoxy groups -OCH3 is 2. The average Bonchev–Trinajstić information content (AvgIpc) is 2.61. The molecule has 0 radical (unpaired) electrons. The lowest BCUT2D eigenvalue weighted by Gasteiger charge is -2.16. The molecule has 0 aromatic heterocycles. The van der Waals surface area contributed by atoms with Gasteiger partial charge in [-0.2, -0.15) is 0 Å². The highest BCUT2D eigenvalue weighted by atomic mass is 32.2. The van der Waals surface area contributed by atoms with Crippen LogP contribution in [0.5, 0.6) is 11.5 Å². The molecule has 9 heteroatoms. The lowest BCUT2D eigenvalue weighted by molar-refractivity contribution is -0.115. The lowest BCUT2D eigenvalue weighted by Crippen LogP contribution is -2.23. The fourth-order valence-electron chi connectivity index (χ4n) is 2.36. The molecule has 0 fully saturated rings. The molecule has 2 rings (SSSR count). The highest BCUT2D eigenvalue weighted by Crippen LogP contribution is 2.29. The van der Waals surface area contributed by atoms with Crippen LogP contribution in [-0.2, 0) is 21.2 Å². The molecule has 0 saturated heterocycles. The maximum Gasteiger partial charge on any atom is 0.246 e. The van der Waals surface area contributed by atoms with Crippen molar-refractivity contribution in [2.24, 2.45) is 0 Å². The standard InChI is InChI=1S/C18H21FN2O5S/c1-21(2)27(23,24)17-11-13(6-8-16(17)26-4)20-18(22)10-12-5-7-15(25-3)14(19)9-12/h5-9,11H,10H2,1-4H3,(H,20,22). The summed E-state index contributed by atoms with van der Waals surface area (Å²) in [5, 5.41) is 2.61. The van der Waals surface area contributed by atoms with Crippen LogP contribution >= 0.6 is 0 Å². The Labute approximate surface area is 157 Å². The molecule has 2 aromatic carbocycles. The molecular weight excluding hydrogens is 375 g/mol. The van der Waals surface area contributed by atoms with Gasteiger partial charge in [0, 0.05) is 19.8 Å². The van der Waals surface area contributed by atoms with E-state index in [-0.39, 0.29) is 28.5 Å². The molecule has 0 aliphatic carbocycles. The second kappa shape index (κ2) is 8.36. The third-order valence-electron chi connectivity index (χ3n) is 3.79. The molecule has 1 N–H and O–H groups in total. The first-order chi connectivity index (χ1) is 12.7. The first-order valence-corrected chi connectivity index (χ1v) is 9.36. The molecule has 0 heterocycles. The normalized spacial score (nSPS) is 11.3. The number of hydrogen-bond donors (Lipinski definition) is 1. The van der Waals surface area contributed by atoms with Crippen LogP contribution in [0.15, 0.2) is 41.3 Å². The van der Waals surface area contributed by atoms with E-state index in [1.54, 1.807) is 6.07 Å². The Hall–Kier alpha value is -2.65. The van der Waals surface area contributed by atoms with Gasteiger partial charge >= 0.3 is 0 Å². The van der Waals surface area contributed by atoms with Crippen molar-refractivity contribution in [2.45, 2.75) is 11.3 Å².